The van der Waals surface area contributed by atoms with Gasteiger partial charge in [-0.3, -0.25) is 4.79 Å². The van der Waals surface area contributed by atoms with Crippen molar-refractivity contribution in [2.24, 2.45) is 28.1 Å². The second kappa shape index (κ2) is 5.22. The molecule has 23 heavy (non-hydrogen) atoms. The lowest BCUT2D eigenvalue weighted by molar-refractivity contribution is -0.181. The lowest BCUT2D eigenvalue weighted by atomic mass is 9.39. The molecule has 0 spiro atoms. The fourth-order valence-electron chi connectivity index (χ4n) is 5.88. The van der Waals surface area contributed by atoms with Gasteiger partial charge in [-0.1, -0.05) is 51.8 Å². The van der Waals surface area contributed by atoms with Crippen molar-refractivity contribution >= 4 is 5.97 Å². The van der Waals surface area contributed by atoms with E-state index in [9.17, 15) is 9.90 Å². The highest BCUT2D eigenvalue weighted by molar-refractivity contribution is 5.76. The van der Waals surface area contributed by atoms with Gasteiger partial charge >= 0.3 is 5.97 Å². The summed E-state index contributed by atoms with van der Waals surface area (Å²) >= 11 is 0. The van der Waals surface area contributed by atoms with Crippen LogP contribution in [0.3, 0.4) is 0 Å². The number of carbonyl (C=O) groups is 1. The molecule has 3 rings (SSSR count). The van der Waals surface area contributed by atoms with Gasteiger partial charge in [0.25, 0.3) is 0 Å². The molecule has 0 aromatic heterocycles. The van der Waals surface area contributed by atoms with Crippen LogP contribution in [0.2, 0.25) is 0 Å². The minimum atomic E-state index is -0.607. The molecule has 1 fully saturated rings. The summed E-state index contributed by atoms with van der Waals surface area (Å²) in [4.78, 5) is 12.1. The first-order valence-electron chi connectivity index (χ1n) is 9.30. The first-order chi connectivity index (χ1) is 10.7. The van der Waals surface area contributed by atoms with Gasteiger partial charge in [0.1, 0.15) is 0 Å². The summed E-state index contributed by atoms with van der Waals surface area (Å²) in [6, 6.07) is 0. The first kappa shape index (κ1) is 16.8. The van der Waals surface area contributed by atoms with Gasteiger partial charge in [0, 0.05) is 0 Å². The van der Waals surface area contributed by atoms with Crippen LogP contribution >= 0.6 is 0 Å². The van der Waals surface area contributed by atoms with Gasteiger partial charge in [-0.25, -0.2) is 0 Å². The van der Waals surface area contributed by atoms with Crippen molar-refractivity contribution in [3.05, 3.63) is 23.3 Å². The first-order valence-corrected chi connectivity index (χ1v) is 9.30. The maximum atomic E-state index is 12.1. The van der Waals surface area contributed by atoms with E-state index < -0.39 is 11.4 Å². The van der Waals surface area contributed by atoms with E-state index in [-0.39, 0.29) is 10.8 Å². The summed E-state index contributed by atoms with van der Waals surface area (Å²) in [7, 11) is 0. The average molecular weight is 316 g/mol. The van der Waals surface area contributed by atoms with Crippen molar-refractivity contribution in [1.29, 1.82) is 0 Å². The van der Waals surface area contributed by atoms with Crippen LogP contribution < -0.4 is 0 Å². The number of hydrogen-bond donors (Lipinski definition) is 1. The Balaban J connectivity index is 2.08. The predicted octanol–water partition coefficient (Wildman–Crippen LogP) is 5.60. The SMILES string of the molecule is CC(C)C1=CC2=CCC3(C)C(C)(C(=O)O)CCCC3(C)C2CC1. The van der Waals surface area contributed by atoms with E-state index in [1.807, 2.05) is 6.92 Å². The molecule has 2 nitrogen and oxygen atoms in total. The molecule has 0 amide bonds. The number of fused-ring (bicyclic) bond motifs is 3. The Morgan fingerprint density at radius 1 is 1.26 bits per heavy atom. The van der Waals surface area contributed by atoms with Crippen molar-refractivity contribution < 1.29 is 9.90 Å². The van der Waals surface area contributed by atoms with Crippen LogP contribution in [0.1, 0.15) is 73.1 Å². The highest BCUT2D eigenvalue weighted by atomic mass is 16.4. The third-order valence-electron chi connectivity index (χ3n) is 8.06. The minimum absolute atomic E-state index is 0.0987. The van der Waals surface area contributed by atoms with Gasteiger partial charge in [-0.05, 0) is 67.3 Å². The molecule has 0 aromatic carbocycles. The molecular weight excluding hydrogens is 284 g/mol. The number of rotatable bonds is 2. The molecule has 0 radical (unpaired) electrons. The number of aliphatic carboxylic acids is 1. The fourth-order valence-corrected chi connectivity index (χ4v) is 5.88. The van der Waals surface area contributed by atoms with Gasteiger partial charge in [-0.2, -0.15) is 0 Å². The smallest absolute Gasteiger partial charge is 0.309 e. The monoisotopic (exact) mass is 316 g/mol. The van der Waals surface area contributed by atoms with Crippen LogP contribution in [0.15, 0.2) is 23.3 Å². The Labute approximate surface area is 141 Å². The third kappa shape index (κ3) is 2.09. The van der Waals surface area contributed by atoms with Crippen LogP contribution in [0.4, 0.5) is 0 Å². The number of allylic oxidation sites excluding steroid dienone is 4. The molecule has 4 unspecified atom stereocenters. The van der Waals surface area contributed by atoms with Crippen LogP contribution in [0, 0.1) is 28.1 Å². The Bertz CT molecular complexity index is 585. The zero-order chi connectivity index (χ0) is 17.0. The second-order valence-electron chi connectivity index (χ2n) is 9.11. The molecule has 1 N–H and O–H groups in total. The van der Waals surface area contributed by atoms with E-state index in [1.165, 1.54) is 24.8 Å². The predicted molar refractivity (Wildman–Crippen MR) is 94.2 cm³/mol. The highest BCUT2D eigenvalue weighted by Gasteiger charge is 2.64. The molecule has 0 aromatic rings. The molecule has 128 valence electrons. The quantitative estimate of drug-likeness (QED) is 0.720. The highest BCUT2D eigenvalue weighted by Crippen LogP contribution is 2.68. The second-order valence-corrected chi connectivity index (χ2v) is 9.11. The Hall–Kier alpha value is -1.05. The standard InChI is InChI=1S/C21H32O2/c1-14(2)15-7-8-17-16(13-15)9-12-21(5)19(17,3)10-6-11-20(21,4)18(22)23/h9,13-14,17H,6-8,10-12H2,1-5H3,(H,22,23). The van der Waals surface area contributed by atoms with E-state index in [0.717, 1.165) is 19.3 Å². The molecule has 0 bridgehead atoms. The van der Waals surface area contributed by atoms with Crippen molar-refractivity contribution in [3.63, 3.8) is 0 Å². The van der Waals surface area contributed by atoms with Crippen LogP contribution in [0.5, 0.6) is 0 Å². The zero-order valence-electron chi connectivity index (χ0n) is 15.4. The summed E-state index contributed by atoms with van der Waals surface area (Å²) in [5, 5.41) is 9.99. The van der Waals surface area contributed by atoms with E-state index >= 15 is 0 Å². The Kier molecular flexibility index (Phi) is 3.82. The number of carboxylic acid groups (broad SMARTS) is 1. The molecule has 0 saturated heterocycles. The third-order valence-corrected chi connectivity index (χ3v) is 8.06. The largest absolute Gasteiger partial charge is 0.481 e. The topological polar surface area (TPSA) is 37.3 Å². The molecule has 3 aliphatic rings. The lowest BCUT2D eigenvalue weighted by Crippen LogP contribution is -2.60. The van der Waals surface area contributed by atoms with Crippen LogP contribution in [-0.2, 0) is 4.79 Å². The van der Waals surface area contributed by atoms with Gasteiger partial charge in [-0.15, -0.1) is 0 Å². The summed E-state index contributed by atoms with van der Waals surface area (Å²) in [5.41, 5.74) is 2.40. The van der Waals surface area contributed by atoms with E-state index in [4.69, 9.17) is 0 Å². The molecule has 1 saturated carbocycles. The molecule has 0 heterocycles. The van der Waals surface area contributed by atoms with Gasteiger partial charge in [0.2, 0.25) is 0 Å². The van der Waals surface area contributed by atoms with Gasteiger partial charge in [0.15, 0.2) is 0 Å². The maximum Gasteiger partial charge on any atom is 0.309 e. The average Bonchev–Trinajstić information content (AvgIpc) is 2.49. The van der Waals surface area contributed by atoms with E-state index in [1.54, 1.807) is 5.57 Å². The Morgan fingerprint density at radius 3 is 2.57 bits per heavy atom. The van der Waals surface area contributed by atoms with Crippen molar-refractivity contribution in [2.75, 3.05) is 0 Å². The molecule has 2 heteroatoms. The van der Waals surface area contributed by atoms with Gasteiger partial charge < -0.3 is 5.11 Å². The normalized spacial score (nSPS) is 43.3. The van der Waals surface area contributed by atoms with Crippen molar-refractivity contribution in [3.8, 4) is 0 Å². The number of hydrogen-bond acceptors (Lipinski definition) is 1. The summed E-state index contributed by atoms with van der Waals surface area (Å²) in [6.45, 7) is 11.2. The van der Waals surface area contributed by atoms with E-state index in [0.29, 0.717) is 11.8 Å². The van der Waals surface area contributed by atoms with Crippen molar-refractivity contribution in [1.82, 2.24) is 0 Å². The van der Waals surface area contributed by atoms with Gasteiger partial charge in [0.05, 0.1) is 5.41 Å². The van der Waals surface area contributed by atoms with Crippen LogP contribution in [0.25, 0.3) is 0 Å². The lowest BCUT2D eigenvalue weighted by Gasteiger charge is -2.63. The molecule has 4 atom stereocenters. The number of carboxylic acids is 1. The summed E-state index contributed by atoms with van der Waals surface area (Å²) in [5.74, 6) is 0.549. The molecule has 0 aliphatic heterocycles. The summed E-state index contributed by atoms with van der Waals surface area (Å²) < 4.78 is 0. The molecular formula is C21H32O2. The van der Waals surface area contributed by atoms with Crippen LogP contribution in [-0.4, -0.2) is 11.1 Å². The zero-order valence-corrected chi connectivity index (χ0v) is 15.4. The summed E-state index contributed by atoms with van der Waals surface area (Å²) in [6.07, 6.45) is 11.1. The Morgan fingerprint density at radius 2 is 1.96 bits per heavy atom. The fraction of sp³-hybridized carbons (Fsp3) is 0.762. The van der Waals surface area contributed by atoms with Crippen molar-refractivity contribution in [2.45, 2.75) is 73.1 Å². The van der Waals surface area contributed by atoms with E-state index in [2.05, 4.69) is 39.8 Å². The maximum absolute atomic E-state index is 12.1. The molecule has 3 aliphatic carbocycles. The minimum Gasteiger partial charge on any atom is -0.481 e.